The zero-order chi connectivity index (χ0) is 35.5. The summed E-state index contributed by atoms with van der Waals surface area (Å²) < 4.78 is 29.6. The number of methoxy groups -OCH3 is 1. The van der Waals surface area contributed by atoms with Crippen LogP contribution in [-0.4, -0.2) is 83.9 Å². The average molecular weight is 696 g/mol. The molecule has 3 N–H and O–H groups in total. The second-order valence-electron chi connectivity index (χ2n) is 13.5. The van der Waals surface area contributed by atoms with E-state index in [1.165, 1.54) is 14.0 Å². The Morgan fingerprint density at radius 2 is 1.90 bits per heavy atom. The number of amides is 2. The summed E-state index contributed by atoms with van der Waals surface area (Å²) in [6.07, 6.45) is 1.50. The van der Waals surface area contributed by atoms with E-state index in [2.05, 4.69) is 15.6 Å². The first-order valence-electron chi connectivity index (χ1n) is 16.8. The SMILES string of the molecule is COC(=O)CCCCN1C(=O)[C@]2(O[C@H](CCn3cc(C(CO)c4ccccc4)nn3)[C@@H]([Si](C)(C)F)[C@@H]2C)c2cc(NC(=O)[C@H](C)O)ccc21. The number of aryl methyl sites for hydroxylation is 1. The van der Waals surface area contributed by atoms with E-state index < -0.39 is 43.6 Å². The molecule has 0 radical (unpaired) electrons. The molecule has 2 amide bonds. The fourth-order valence-electron chi connectivity index (χ4n) is 7.40. The maximum absolute atomic E-state index is 16.3. The second-order valence-corrected chi connectivity index (χ2v) is 17.3. The Bertz CT molecular complexity index is 1650. The first-order valence-corrected chi connectivity index (χ1v) is 19.7. The van der Waals surface area contributed by atoms with E-state index in [-0.39, 0.29) is 30.8 Å². The van der Waals surface area contributed by atoms with Gasteiger partial charge in [0.1, 0.15) is 6.10 Å². The number of hydrogen-bond acceptors (Lipinski definition) is 9. The summed E-state index contributed by atoms with van der Waals surface area (Å²) in [5, 5.41) is 31.2. The van der Waals surface area contributed by atoms with Crippen molar-refractivity contribution in [3.63, 3.8) is 0 Å². The molecule has 3 aromatic rings. The molecule has 1 unspecified atom stereocenters. The van der Waals surface area contributed by atoms with Crippen LogP contribution in [0.2, 0.25) is 18.6 Å². The van der Waals surface area contributed by atoms with Gasteiger partial charge in [0.25, 0.3) is 11.8 Å². The van der Waals surface area contributed by atoms with Crippen LogP contribution < -0.4 is 10.2 Å². The molecule has 3 heterocycles. The third-order valence-electron chi connectivity index (χ3n) is 9.79. The minimum Gasteiger partial charge on any atom is -0.469 e. The number of esters is 1. The third kappa shape index (κ3) is 7.32. The van der Waals surface area contributed by atoms with Crippen LogP contribution >= 0.6 is 0 Å². The molecule has 264 valence electrons. The molecule has 2 aliphatic heterocycles. The van der Waals surface area contributed by atoms with E-state index in [1.807, 2.05) is 37.3 Å². The van der Waals surface area contributed by atoms with Gasteiger partial charge in [0.15, 0.2) is 5.60 Å². The van der Waals surface area contributed by atoms with Crippen molar-refractivity contribution in [1.82, 2.24) is 15.0 Å². The molecule has 14 heteroatoms. The van der Waals surface area contributed by atoms with Crippen LogP contribution in [0.3, 0.4) is 0 Å². The van der Waals surface area contributed by atoms with Gasteiger partial charge in [-0.3, -0.25) is 19.1 Å². The van der Waals surface area contributed by atoms with Gasteiger partial charge < -0.3 is 34.0 Å². The van der Waals surface area contributed by atoms with Gasteiger partial charge in [-0.1, -0.05) is 42.5 Å². The largest absolute Gasteiger partial charge is 0.469 e. The Labute approximate surface area is 286 Å². The quantitative estimate of drug-likeness (QED) is 0.0970. The van der Waals surface area contributed by atoms with Gasteiger partial charge in [-0.2, -0.15) is 0 Å². The van der Waals surface area contributed by atoms with Crippen LogP contribution in [0.5, 0.6) is 0 Å². The Hall–Kier alpha value is -3.98. The summed E-state index contributed by atoms with van der Waals surface area (Å²) in [7, 11) is -2.12. The lowest BCUT2D eigenvalue weighted by Gasteiger charge is -2.31. The summed E-state index contributed by atoms with van der Waals surface area (Å²) in [4.78, 5) is 40.3. The van der Waals surface area contributed by atoms with Crippen molar-refractivity contribution in [2.75, 3.05) is 30.5 Å². The van der Waals surface area contributed by atoms with Gasteiger partial charge in [0.2, 0.25) is 8.41 Å². The standard InChI is InChI=1S/C35H46FN5O7Si/c1-22-32(49(4,5)36)30(16-18-40-20-28(38-39-40)26(21-42)24-11-7-6-8-12-24)48-35(22)27-19-25(37-33(45)23(2)43)14-15-29(27)41(34(35)46)17-10-9-13-31(44)47-3/h6-8,11-12,14-15,19-20,22-23,26,30,32,42-43H,9-10,13,16-18,21H2,1-5H3,(H,37,45)/t22-,23-,26?,30+,32-,35+/m0/s1. The van der Waals surface area contributed by atoms with Crippen molar-refractivity contribution < 1.29 is 38.2 Å². The van der Waals surface area contributed by atoms with Gasteiger partial charge in [-0.25, -0.2) is 0 Å². The molecular weight excluding hydrogens is 649 g/mol. The normalized spacial score (nSPS) is 23.1. The van der Waals surface area contributed by atoms with E-state index >= 15 is 4.11 Å². The van der Waals surface area contributed by atoms with Crippen LogP contribution in [0.4, 0.5) is 15.5 Å². The summed E-state index contributed by atoms with van der Waals surface area (Å²) in [6, 6.07) is 14.6. The average Bonchev–Trinajstić information content (AvgIpc) is 3.72. The second kappa shape index (κ2) is 14.9. The van der Waals surface area contributed by atoms with E-state index in [1.54, 1.807) is 47.1 Å². The lowest BCUT2D eigenvalue weighted by atomic mass is 9.82. The molecule has 1 spiro atoms. The Morgan fingerprint density at radius 1 is 1.16 bits per heavy atom. The fraction of sp³-hybridized carbons (Fsp3) is 0.514. The van der Waals surface area contributed by atoms with Gasteiger partial charge in [-0.15, -0.1) is 5.10 Å². The molecule has 6 atom stereocenters. The van der Waals surface area contributed by atoms with Crippen molar-refractivity contribution >= 4 is 37.6 Å². The number of aliphatic hydroxyl groups excluding tert-OH is 2. The Balaban J connectivity index is 1.45. The summed E-state index contributed by atoms with van der Waals surface area (Å²) in [6.45, 7) is 7.00. The number of unbranched alkanes of at least 4 members (excludes halogenated alkanes) is 1. The van der Waals surface area contributed by atoms with Crippen molar-refractivity contribution in [3.8, 4) is 0 Å². The highest BCUT2D eigenvalue weighted by molar-refractivity contribution is 6.72. The predicted molar refractivity (Wildman–Crippen MR) is 183 cm³/mol. The number of aliphatic hydroxyl groups is 2. The number of anilines is 2. The summed E-state index contributed by atoms with van der Waals surface area (Å²) >= 11 is 0. The smallest absolute Gasteiger partial charge is 0.305 e. The summed E-state index contributed by atoms with van der Waals surface area (Å²) in [5.74, 6) is -2.14. The highest BCUT2D eigenvalue weighted by Gasteiger charge is 2.66. The molecule has 2 aromatic carbocycles. The minimum atomic E-state index is -3.45. The van der Waals surface area contributed by atoms with Gasteiger partial charge >= 0.3 is 5.97 Å². The number of ether oxygens (including phenoxy) is 2. The van der Waals surface area contributed by atoms with E-state index in [0.717, 1.165) is 5.56 Å². The molecule has 1 aromatic heterocycles. The Morgan fingerprint density at radius 3 is 2.55 bits per heavy atom. The third-order valence-corrected chi connectivity index (χ3v) is 12.2. The van der Waals surface area contributed by atoms with E-state index in [0.29, 0.717) is 55.0 Å². The van der Waals surface area contributed by atoms with Gasteiger partial charge in [0.05, 0.1) is 37.1 Å². The monoisotopic (exact) mass is 695 g/mol. The lowest BCUT2D eigenvalue weighted by Crippen LogP contribution is -2.45. The van der Waals surface area contributed by atoms with Crippen molar-refractivity contribution in [2.45, 2.75) is 88.4 Å². The van der Waals surface area contributed by atoms with Crippen LogP contribution in [0.1, 0.15) is 62.3 Å². The highest BCUT2D eigenvalue weighted by Crippen LogP contribution is 2.60. The number of nitrogens with one attached hydrogen (secondary N) is 1. The van der Waals surface area contributed by atoms with Crippen molar-refractivity contribution in [2.24, 2.45) is 5.92 Å². The van der Waals surface area contributed by atoms with E-state index in [4.69, 9.17) is 9.47 Å². The number of rotatable bonds is 14. The highest BCUT2D eigenvalue weighted by atomic mass is 28.4. The first kappa shape index (κ1) is 36.3. The minimum absolute atomic E-state index is 0.140. The zero-order valence-electron chi connectivity index (χ0n) is 28.6. The molecule has 12 nitrogen and oxygen atoms in total. The molecule has 1 fully saturated rings. The Kier molecular flexibility index (Phi) is 11.0. The predicted octanol–water partition coefficient (Wildman–Crippen LogP) is 4.28. The first-order chi connectivity index (χ1) is 23.3. The number of aromatic nitrogens is 3. The van der Waals surface area contributed by atoms with E-state index in [9.17, 15) is 24.6 Å². The molecule has 5 rings (SSSR count). The zero-order valence-corrected chi connectivity index (χ0v) is 29.6. The number of carbonyl (C=O) groups is 3. The number of halogens is 1. The van der Waals surface area contributed by atoms with Crippen molar-refractivity contribution in [1.29, 1.82) is 0 Å². The molecule has 49 heavy (non-hydrogen) atoms. The molecule has 0 saturated carbocycles. The lowest BCUT2D eigenvalue weighted by molar-refractivity contribution is -0.146. The van der Waals surface area contributed by atoms with Crippen molar-refractivity contribution in [3.05, 3.63) is 71.5 Å². The van der Waals surface area contributed by atoms with Crippen LogP contribution in [0.15, 0.2) is 54.7 Å². The maximum Gasteiger partial charge on any atom is 0.305 e. The molecule has 0 aliphatic carbocycles. The number of fused-ring (bicyclic) bond motifs is 2. The molecule has 2 aliphatic rings. The van der Waals surface area contributed by atoms with Crippen LogP contribution in [-0.2, 0) is 36.0 Å². The number of hydrogen-bond donors (Lipinski definition) is 3. The number of carbonyl (C=O) groups excluding carboxylic acids is 3. The number of nitrogens with zero attached hydrogens (tertiary/aromatic N) is 4. The molecular formula is C35H46FN5O7Si. The maximum atomic E-state index is 16.3. The number of benzene rings is 2. The fourth-order valence-corrected chi connectivity index (χ4v) is 9.94. The summed E-state index contributed by atoms with van der Waals surface area (Å²) in [5.41, 5.74) is 0.952. The molecule has 0 bridgehead atoms. The van der Waals surface area contributed by atoms with Gasteiger partial charge in [-0.05, 0) is 63.0 Å². The van der Waals surface area contributed by atoms with Crippen LogP contribution in [0.25, 0.3) is 0 Å². The van der Waals surface area contributed by atoms with Crippen LogP contribution in [0, 0.1) is 5.92 Å². The topological polar surface area (TPSA) is 156 Å². The molecule has 1 saturated heterocycles. The van der Waals surface area contributed by atoms with Gasteiger partial charge in [0, 0.05) is 48.4 Å².